The van der Waals surface area contributed by atoms with E-state index in [0.29, 0.717) is 40.6 Å². The molecule has 202 valence electrons. The molecule has 6 rings (SSSR count). The van der Waals surface area contributed by atoms with Crippen molar-refractivity contribution >= 4 is 17.8 Å². The highest BCUT2D eigenvalue weighted by Crippen LogP contribution is 2.61. The van der Waals surface area contributed by atoms with Crippen LogP contribution in [0.1, 0.15) is 43.1 Å². The second kappa shape index (κ2) is 9.52. The maximum absolute atomic E-state index is 14.3. The monoisotopic (exact) mass is 530 g/mol. The van der Waals surface area contributed by atoms with Crippen molar-refractivity contribution in [2.75, 3.05) is 27.6 Å². The molecule has 0 bridgehead atoms. The van der Waals surface area contributed by atoms with E-state index in [1.54, 1.807) is 6.08 Å². The molecule has 2 aliphatic heterocycles. The number of Topliss-reactive ketones (excluding diaryl/α,β-unsaturated/α-hetero) is 1. The summed E-state index contributed by atoms with van der Waals surface area (Å²) in [6, 6.07) is 11.4. The molecule has 0 fully saturated rings. The van der Waals surface area contributed by atoms with E-state index in [9.17, 15) is 9.59 Å². The predicted octanol–water partition coefficient (Wildman–Crippen LogP) is 5.03. The molecular weight excluding hydrogens is 500 g/mol. The molecule has 8 heteroatoms. The molecule has 0 saturated carbocycles. The van der Waals surface area contributed by atoms with Gasteiger partial charge in [-0.05, 0) is 41.7 Å². The second-order valence-electron chi connectivity index (χ2n) is 10.3. The number of hydrogen-bond acceptors (Lipinski definition) is 8. The lowest BCUT2D eigenvalue weighted by molar-refractivity contribution is -0.147. The summed E-state index contributed by atoms with van der Waals surface area (Å²) in [5.41, 5.74) is 1.90. The van der Waals surface area contributed by atoms with Gasteiger partial charge in [0.05, 0.1) is 14.2 Å². The molecule has 2 heterocycles. The van der Waals surface area contributed by atoms with Gasteiger partial charge in [-0.2, -0.15) is 0 Å². The van der Waals surface area contributed by atoms with Crippen LogP contribution >= 0.6 is 0 Å². The van der Waals surface area contributed by atoms with Gasteiger partial charge in [0.2, 0.25) is 24.1 Å². The first-order chi connectivity index (χ1) is 18.9. The van der Waals surface area contributed by atoms with Crippen LogP contribution in [-0.2, 0) is 29.2 Å². The van der Waals surface area contributed by atoms with Gasteiger partial charge >= 0.3 is 5.97 Å². The fourth-order valence-electron chi connectivity index (χ4n) is 6.07. The number of allylic oxidation sites excluding steroid dienone is 2. The number of esters is 1. The lowest BCUT2D eigenvalue weighted by Crippen LogP contribution is -2.46. The molecule has 0 N–H and O–H groups in total. The van der Waals surface area contributed by atoms with Gasteiger partial charge in [0.25, 0.3) is 0 Å². The van der Waals surface area contributed by atoms with Gasteiger partial charge < -0.3 is 28.4 Å². The molecule has 0 aromatic heterocycles. The molecular formula is C31H30O8. The van der Waals surface area contributed by atoms with Crippen LogP contribution in [0, 0.1) is 11.8 Å². The van der Waals surface area contributed by atoms with Crippen LogP contribution in [0.5, 0.6) is 17.2 Å². The Morgan fingerprint density at radius 2 is 1.85 bits per heavy atom. The zero-order valence-corrected chi connectivity index (χ0v) is 22.3. The van der Waals surface area contributed by atoms with Crippen LogP contribution in [0.3, 0.4) is 0 Å². The smallest absolute Gasteiger partial charge is 0.331 e. The van der Waals surface area contributed by atoms with Crippen molar-refractivity contribution in [2.24, 2.45) is 11.8 Å². The Morgan fingerprint density at radius 1 is 1.05 bits per heavy atom. The van der Waals surface area contributed by atoms with Crippen molar-refractivity contribution in [3.05, 3.63) is 82.3 Å². The predicted molar refractivity (Wildman–Crippen MR) is 141 cm³/mol. The summed E-state index contributed by atoms with van der Waals surface area (Å²) in [5.74, 6) is 1.11. The van der Waals surface area contributed by atoms with Crippen LogP contribution in [0.2, 0.25) is 0 Å². The Labute approximate surface area is 226 Å². The summed E-state index contributed by atoms with van der Waals surface area (Å²) in [6.07, 6.45) is 4.95. The van der Waals surface area contributed by atoms with Crippen molar-refractivity contribution in [3.8, 4) is 17.2 Å². The van der Waals surface area contributed by atoms with E-state index in [2.05, 4.69) is 13.8 Å². The van der Waals surface area contributed by atoms with E-state index in [0.717, 1.165) is 11.1 Å². The quantitative estimate of drug-likeness (QED) is 0.393. The molecule has 2 aromatic carbocycles. The minimum absolute atomic E-state index is 0.0332. The van der Waals surface area contributed by atoms with Crippen molar-refractivity contribution in [3.63, 3.8) is 0 Å². The molecule has 0 radical (unpaired) electrons. The van der Waals surface area contributed by atoms with Gasteiger partial charge in [-0.1, -0.05) is 44.2 Å². The van der Waals surface area contributed by atoms with Crippen molar-refractivity contribution in [1.29, 1.82) is 0 Å². The van der Waals surface area contributed by atoms with Gasteiger partial charge in [-0.25, -0.2) is 4.79 Å². The van der Waals surface area contributed by atoms with Crippen LogP contribution in [0.15, 0.2) is 65.6 Å². The van der Waals surface area contributed by atoms with E-state index in [1.165, 1.54) is 20.3 Å². The number of fused-ring (bicyclic) bond motifs is 2. The Balaban J connectivity index is 1.51. The fourth-order valence-corrected chi connectivity index (χ4v) is 6.07. The average Bonchev–Trinajstić information content (AvgIpc) is 3.58. The Kier molecular flexibility index (Phi) is 6.13. The first-order valence-electron chi connectivity index (χ1n) is 13.0. The summed E-state index contributed by atoms with van der Waals surface area (Å²) >= 11 is 0. The van der Waals surface area contributed by atoms with E-state index >= 15 is 0 Å². The standard InChI is InChI=1S/C31H30O8/c1-17-12-20-13-22(34-3)28(35-4)30(33)31(20)15-36-29-25(31)21(14-23-27(29)38-16-37-23)26(18(17)2)39-24(32)11-10-19-8-6-5-7-9-19/h5-11,13-14,17-18,26H,12,15-16H2,1-4H3. The molecule has 4 aliphatic rings. The van der Waals surface area contributed by atoms with Gasteiger partial charge in [-0.15, -0.1) is 0 Å². The number of methoxy groups -OCH3 is 2. The van der Waals surface area contributed by atoms with E-state index in [-0.39, 0.29) is 36.8 Å². The highest BCUT2D eigenvalue weighted by molar-refractivity contribution is 6.08. The molecule has 4 unspecified atom stereocenters. The van der Waals surface area contributed by atoms with E-state index < -0.39 is 17.5 Å². The first-order valence-corrected chi connectivity index (χ1v) is 13.0. The van der Waals surface area contributed by atoms with Gasteiger partial charge in [0.15, 0.2) is 17.3 Å². The molecule has 8 nitrogen and oxygen atoms in total. The van der Waals surface area contributed by atoms with Gasteiger partial charge in [-0.3, -0.25) is 4.79 Å². The van der Waals surface area contributed by atoms with E-state index in [4.69, 9.17) is 28.4 Å². The number of ketones is 1. The number of hydrogen-bond donors (Lipinski definition) is 0. The van der Waals surface area contributed by atoms with E-state index in [1.807, 2.05) is 42.5 Å². The zero-order chi connectivity index (χ0) is 27.3. The third kappa shape index (κ3) is 3.80. The van der Waals surface area contributed by atoms with Crippen molar-refractivity contribution in [2.45, 2.75) is 31.8 Å². The van der Waals surface area contributed by atoms with Crippen LogP contribution in [0.25, 0.3) is 6.08 Å². The third-order valence-electron chi connectivity index (χ3n) is 8.28. The number of benzene rings is 2. The molecule has 1 spiro atoms. The second-order valence-corrected chi connectivity index (χ2v) is 10.3. The maximum Gasteiger partial charge on any atom is 0.331 e. The lowest BCUT2D eigenvalue weighted by Gasteiger charge is -2.41. The van der Waals surface area contributed by atoms with Crippen molar-refractivity contribution < 1.29 is 38.0 Å². The first kappa shape index (κ1) is 25.1. The molecule has 4 atom stereocenters. The minimum Gasteiger partial charge on any atom is -0.493 e. The minimum atomic E-state index is -1.17. The molecule has 0 saturated heterocycles. The maximum atomic E-state index is 14.3. The summed E-state index contributed by atoms with van der Waals surface area (Å²) < 4.78 is 35.1. The molecule has 2 aromatic rings. The molecule has 2 aliphatic carbocycles. The summed E-state index contributed by atoms with van der Waals surface area (Å²) in [5, 5.41) is 0. The molecule has 0 amide bonds. The molecule has 39 heavy (non-hydrogen) atoms. The van der Waals surface area contributed by atoms with Gasteiger partial charge in [0, 0.05) is 23.1 Å². The van der Waals surface area contributed by atoms with Crippen molar-refractivity contribution in [1.82, 2.24) is 0 Å². The number of carbonyl (C=O) groups is 2. The SMILES string of the molecule is COC1=C(OC)C(=O)C23COc4c5c(cc(c42)C(OC(=O)C=Cc2ccccc2)C(C)C(C)CC3=C1)OCO5. The van der Waals surface area contributed by atoms with Gasteiger partial charge in [0.1, 0.15) is 18.1 Å². The van der Waals surface area contributed by atoms with Crippen LogP contribution in [-0.4, -0.2) is 39.4 Å². The highest BCUT2D eigenvalue weighted by Gasteiger charge is 2.59. The number of ether oxygens (including phenoxy) is 6. The topological polar surface area (TPSA) is 89.5 Å². The van der Waals surface area contributed by atoms with Crippen LogP contribution < -0.4 is 14.2 Å². The summed E-state index contributed by atoms with van der Waals surface area (Å²) in [7, 11) is 2.98. The zero-order valence-electron chi connectivity index (χ0n) is 22.3. The fraction of sp³-hybridized carbons (Fsp3) is 0.355. The normalized spacial score (nSPS) is 26.7. The average molecular weight is 531 g/mol. The Bertz CT molecular complexity index is 1440. The summed E-state index contributed by atoms with van der Waals surface area (Å²) in [6.45, 7) is 4.26. The summed E-state index contributed by atoms with van der Waals surface area (Å²) in [4.78, 5) is 27.4. The largest absolute Gasteiger partial charge is 0.493 e. The highest BCUT2D eigenvalue weighted by atomic mass is 16.7. The Hall–Kier alpha value is -4.20. The Morgan fingerprint density at radius 3 is 2.59 bits per heavy atom. The third-order valence-corrected chi connectivity index (χ3v) is 8.28. The lowest BCUT2D eigenvalue weighted by atomic mass is 9.62. The number of rotatable bonds is 5. The number of carbonyl (C=O) groups excluding carboxylic acids is 2. The van der Waals surface area contributed by atoms with Crippen LogP contribution in [0.4, 0.5) is 0 Å².